The Morgan fingerprint density at radius 1 is 1.38 bits per heavy atom. The maximum absolute atomic E-state index is 14.0. The smallest absolute Gasteiger partial charge is 0.256 e. The molecule has 3 rings (SSSR count). The molecule has 0 aliphatic heterocycles. The Bertz CT molecular complexity index is 787. The van der Waals surface area contributed by atoms with Gasteiger partial charge in [-0.25, -0.2) is 14.1 Å². The summed E-state index contributed by atoms with van der Waals surface area (Å²) in [5.74, 6) is -0.783. The fourth-order valence-corrected chi connectivity index (χ4v) is 2.87. The minimum Gasteiger partial charge on any atom is -0.322 e. The van der Waals surface area contributed by atoms with Gasteiger partial charge in [0, 0.05) is 11.1 Å². The third-order valence-electron chi connectivity index (χ3n) is 2.70. The lowest BCUT2D eigenvalue weighted by atomic mass is 10.2. The highest BCUT2D eigenvalue weighted by Crippen LogP contribution is 2.22. The summed E-state index contributed by atoms with van der Waals surface area (Å²) in [4.78, 5) is 15.7. The van der Waals surface area contributed by atoms with E-state index in [1.165, 1.54) is 40.8 Å². The van der Waals surface area contributed by atoms with E-state index in [1.807, 2.05) is 0 Å². The second-order valence-corrected chi connectivity index (χ2v) is 6.39. The van der Waals surface area contributed by atoms with E-state index in [2.05, 4.69) is 31.3 Å². The largest absolute Gasteiger partial charge is 0.322 e. The summed E-state index contributed by atoms with van der Waals surface area (Å²) in [5.41, 5.74) is 1.17. The molecule has 0 radical (unpaired) electrons. The number of anilines is 1. The van der Waals surface area contributed by atoms with Gasteiger partial charge in [0.25, 0.3) is 5.91 Å². The molecular formula is C13H8BrFN4OS. The first-order valence-corrected chi connectivity index (χ1v) is 7.51. The third-order valence-corrected chi connectivity index (χ3v) is 4.21. The summed E-state index contributed by atoms with van der Waals surface area (Å²) < 4.78 is 16.2. The first-order chi connectivity index (χ1) is 10.1. The number of nitrogens with zero attached hydrogens (tertiary/aromatic N) is 3. The zero-order valence-electron chi connectivity index (χ0n) is 10.5. The number of nitrogens with one attached hydrogen (secondary N) is 1. The summed E-state index contributed by atoms with van der Waals surface area (Å²) in [5, 5.41) is 8.23. The number of rotatable bonds is 3. The van der Waals surface area contributed by atoms with Crippen molar-refractivity contribution >= 4 is 38.9 Å². The van der Waals surface area contributed by atoms with Crippen molar-refractivity contribution in [2.45, 2.75) is 0 Å². The van der Waals surface area contributed by atoms with Gasteiger partial charge in [0.15, 0.2) is 5.82 Å². The van der Waals surface area contributed by atoms with Crippen LogP contribution >= 0.6 is 27.3 Å². The number of carbonyl (C=O) groups is 1. The van der Waals surface area contributed by atoms with Crippen molar-refractivity contribution < 1.29 is 9.18 Å². The zero-order valence-corrected chi connectivity index (χ0v) is 12.9. The normalized spacial score (nSPS) is 10.6. The summed E-state index contributed by atoms with van der Waals surface area (Å²) in [6.45, 7) is 0. The second-order valence-electron chi connectivity index (χ2n) is 4.10. The summed E-state index contributed by atoms with van der Waals surface area (Å²) in [6.07, 6.45) is 2.73. The first kappa shape index (κ1) is 13.9. The van der Waals surface area contributed by atoms with Gasteiger partial charge in [-0.05, 0) is 40.2 Å². The lowest BCUT2D eigenvalue weighted by Gasteiger charge is -2.07. The predicted octanol–water partition coefficient (Wildman–Crippen LogP) is 3.48. The van der Waals surface area contributed by atoms with E-state index in [0.717, 1.165) is 3.79 Å². The number of carbonyl (C=O) groups excluding carboxylic acids is 1. The Labute approximate surface area is 131 Å². The van der Waals surface area contributed by atoms with Gasteiger partial charge in [-0.2, -0.15) is 5.10 Å². The number of hydrogen-bond acceptors (Lipinski definition) is 4. The number of aromatic nitrogens is 3. The molecule has 0 aliphatic carbocycles. The third kappa shape index (κ3) is 3.01. The van der Waals surface area contributed by atoms with Crippen LogP contribution in [0.4, 0.5) is 10.1 Å². The Balaban J connectivity index is 1.81. The van der Waals surface area contributed by atoms with Crippen LogP contribution in [0.2, 0.25) is 0 Å². The van der Waals surface area contributed by atoms with Crippen LogP contribution in [0.25, 0.3) is 5.69 Å². The molecule has 0 bridgehead atoms. The van der Waals surface area contributed by atoms with Crippen molar-refractivity contribution in [2.75, 3.05) is 5.32 Å². The lowest BCUT2D eigenvalue weighted by Crippen LogP contribution is -2.11. The van der Waals surface area contributed by atoms with Gasteiger partial charge in [0.1, 0.15) is 18.3 Å². The topological polar surface area (TPSA) is 59.8 Å². The van der Waals surface area contributed by atoms with Gasteiger partial charge in [-0.1, -0.05) is 0 Å². The van der Waals surface area contributed by atoms with E-state index in [1.54, 1.807) is 17.5 Å². The average Bonchev–Trinajstić information content (AvgIpc) is 3.10. The van der Waals surface area contributed by atoms with E-state index in [0.29, 0.717) is 11.3 Å². The molecule has 3 aromatic rings. The minimum absolute atomic E-state index is 0.267. The van der Waals surface area contributed by atoms with Gasteiger partial charge in [0.2, 0.25) is 0 Å². The van der Waals surface area contributed by atoms with Crippen LogP contribution in [0.3, 0.4) is 0 Å². The van der Waals surface area contributed by atoms with Crippen LogP contribution in [0.15, 0.2) is 46.1 Å². The van der Waals surface area contributed by atoms with Crippen molar-refractivity contribution in [3.8, 4) is 5.69 Å². The highest BCUT2D eigenvalue weighted by Gasteiger charge is 2.11. The molecular weight excluding hydrogens is 359 g/mol. The second kappa shape index (κ2) is 5.74. The molecule has 8 heteroatoms. The Hall–Kier alpha value is -2.06. The first-order valence-electron chi connectivity index (χ1n) is 5.83. The Morgan fingerprint density at radius 3 is 2.86 bits per heavy atom. The zero-order chi connectivity index (χ0) is 14.8. The Kier molecular flexibility index (Phi) is 3.80. The van der Waals surface area contributed by atoms with E-state index in [-0.39, 0.29) is 11.6 Å². The van der Waals surface area contributed by atoms with Crippen LogP contribution in [0.1, 0.15) is 10.4 Å². The van der Waals surface area contributed by atoms with Crippen molar-refractivity contribution in [2.24, 2.45) is 0 Å². The number of hydrogen-bond donors (Lipinski definition) is 1. The SMILES string of the molecule is O=C(Nc1ccc(-n2cncn2)c(F)c1)c1csc(Br)c1. The number of halogens is 2. The van der Waals surface area contributed by atoms with Crippen molar-refractivity contribution in [3.05, 3.63) is 57.5 Å². The van der Waals surface area contributed by atoms with Gasteiger partial charge >= 0.3 is 0 Å². The van der Waals surface area contributed by atoms with E-state index < -0.39 is 5.82 Å². The fourth-order valence-electron chi connectivity index (χ4n) is 1.74. The molecule has 1 amide bonds. The van der Waals surface area contributed by atoms with Crippen molar-refractivity contribution in [3.63, 3.8) is 0 Å². The molecule has 1 N–H and O–H groups in total. The molecule has 2 heterocycles. The minimum atomic E-state index is -0.496. The van der Waals surface area contributed by atoms with Crippen molar-refractivity contribution in [1.82, 2.24) is 14.8 Å². The van der Waals surface area contributed by atoms with E-state index in [9.17, 15) is 9.18 Å². The molecule has 21 heavy (non-hydrogen) atoms. The van der Waals surface area contributed by atoms with Gasteiger partial charge in [-0.15, -0.1) is 11.3 Å². The standard InChI is InChI=1S/C13H8BrFN4OS/c14-12-3-8(5-21-12)13(20)18-9-1-2-11(10(15)4-9)19-7-16-6-17-19/h1-7H,(H,18,20). The number of benzene rings is 1. The monoisotopic (exact) mass is 366 g/mol. The highest BCUT2D eigenvalue weighted by atomic mass is 79.9. The molecule has 0 fully saturated rings. The maximum Gasteiger partial charge on any atom is 0.256 e. The number of amides is 1. The molecule has 0 spiro atoms. The summed E-state index contributed by atoms with van der Waals surface area (Å²) >= 11 is 4.70. The highest BCUT2D eigenvalue weighted by molar-refractivity contribution is 9.11. The molecule has 0 aliphatic rings. The van der Waals surface area contributed by atoms with Gasteiger partial charge in [0.05, 0.1) is 9.35 Å². The van der Waals surface area contributed by atoms with Gasteiger partial charge in [-0.3, -0.25) is 4.79 Å². The van der Waals surface area contributed by atoms with E-state index >= 15 is 0 Å². The molecule has 2 aromatic heterocycles. The molecule has 5 nitrogen and oxygen atoms in total. The van der Waals surface area contributed by atoms with Crippen LogP contribution in [0.5, 0.6) is 0 Å². The Morgan fingerprint density at radius 2 is 2.24 bits per heavy atom. The molecule has 0 saturated carbocycles. The molecule has 106 valence electrons. The van der Waals surface area contributed by atoms with E-state index in [4.69, 9.17) is 0 Å². The summed E-state index contributed by atoms with van der Waals surface area (Å²) in [7, 11) is 0. The van der Waals surface area contributed by atoms with Gasteiger partial charge < -0.3 is 5.32 Å². The molecule has 0 atom stereocenters. The lowest BCUT2D eigenvalue weighted by molar-refractivity contribution is 0.102. The van der Waals surface area contributed by atoms with Crippen LogP contribution in [-0.4, -0.2) is 20.7 Å². The van der Waals surface area contributed by atoms with Crippen LogP contribution in [-0.2, 0) is 0 Å². The fraction of sp³-hybridized carbons (Fsp3) is 0. The maximum atomic E-state index is 14.0. The van der Waals surface area contributed by atoms with Crippen LogP contribution < -0.4 is 5.32 Å². The molecule has 0 saturated heterocycles. The average molecular weight is 367 g/mol. The molecule has 0 unspecified atom stereocenters. The predicted molar refractivity (Wildman–Crippen MR) is 81.3 cm³/mol. The quantitative estimate of drug-likeness (QED) is 0.771. The van der Waals surface area contributed by atoms with Crippen molar-refractivity contribution in [1.29, 1.82) is 0 Å². The molecule has 1 aromatic carbocycles. The number of thiophene rings is 1. The van der Waals surface area contributed by atoms with Crippen LogP contribution in [0, 0.1) is 5.82 Å². The summed E-state index contributed by atoms with van der Waals surface area (Å²) in [6, 6.07) is 6.10.